The number of hydrogen-bond donors (Lipinski definition) is 2. The largest absolute Gasteiger partial charge is 0.444 e. The number of halogens is 3. The van der Waals surface area contributed by atoms with Crippen LogP contribution in [0.25, 0.3) is 22.3 Å². The summed E-state index contributed by atoms with van der Waals surface area (Å²) < 4.78 is 45.4. The van der Waals surface area contributed by atoms with Gasteiger partial charge in [0.05, 0.1) is 16.7 Å². The molecule has 13 heteroatoms. The van der Waals surface area contributed by atoms with Gasteiger partial charge in [0.15, 0.2) is 5.69 Å². The molecule has 4 aromatic rings. The van der Waals surface area contributed by atoms with Gasteiger partial charge in [0, 0.05) is 50.0 Å². The lowest BCUT2D eigenvalue weighted by atomic mass is 10.0. The number of alkyl halides is 3. The second-order valence-corrected chi connectivity index (χ2v) is 10.9. The molecule has 1 aliphatic rings. The lowest BCUT2D eigenvalue weighted by Crippen LogP contribution is -2.49. The lowest BCUT2D eigenvalue weighted by molar-refractivity contribution is -0.141. The molecule has 10 nitrogen and oxygen atoms in total. The minimum Gasteiger partial charge on any atom is -0.444 e. The van der Waals surface area contributed by atoms with Gasteiger partial charge in [-0.2, -0.15) is 13.2 Å². The highest BCUT2D eigenvalue weighted by molar-refractivity contribution is 5.84. The van der Waals surface area contributed by atoms with Crippen LogP contribution in [-0.4, -0.2) is 72.6 Å². The Bertz CT molecular complexity index is 1560. The Morgan fingerprint density at radius 3 is 2.51 bits per heavy atom. The van der Waals surface area contributed by atoms with Crippen LogP contribution in [0, 0.1) is 6.92 Å². The Hall–Kier alpha value is -4.26. The van der Waals surface area contributed by atoms with Crippen molar-refractivity contribution in [3.63, 3.8) is 0 Å². The van der Waals surface area contributed by atoms with E-state index in [1.807, 2.05) is 32.9 Å². The summed E-state index contributed by atoms with van der Waals surface area (Å²) in [5, 5.41) is 3.17. The van der Waals surface area contributed by atoms with E-state index in [4.69, 9.17) is 4.74 Å². The van der Waals surface area contributed by atoms with E-state index in [-0.39, 0.29) is 17.4 Å². The number of carbonyl (C=O) groups excluding carboxylic acids is 1. The zero-order chi connectivity index (χ0) is 29.4. The maximum Gasteiger partial charge on any atom is 0.433 e. The predicted molar refractivity (Wildman–Crippen MR) is 147 cm³/mol. The number of aromatic amines is 1. The predicted octanol–water partition coefficient (Wildman–Crippen LogP) is 5.54. The fraction of sp³-hybridized carbons (Fsp3) is 0.393. The molecule has 0 radical (unpaired) electrons. The molecule has 1 amide bonds. The third-order valence-electron chi connectivity index (χ3n) is 6.61. The maximum atomic E-state index is 13.3. The highest BCUT2D eigenvalue weighted by atomic mass is 19.4. The third kappa shape index (κ3) is 6.73. The first-order valence-electron chi connectivity index (χ1n) is 13.2. The van der Waals surface area contributed by atoms with Gasteiger partial charge in [0.2, 0.25) is 5.95 Å². The van der Waals surface area contributed by atoms with Crippen molar-refractivity contribution in [3.8, 4) is 11.3 Å². The number of carbonyl (C=O) groups is 1. The van der Waals surface area contributed by atoms with E-state index in [0.717, 1.165) is 25.0 Å². The van der Waals surface area contributed by atoms with E-state index in [1.54, 1.807) is 29.3 Å². The van der Waals surface area contributed by atoms with E-state index in [2.05, 4.69) is 35.1 Å². The highest BCUT2D eigenvalue weighted by Crippen LogP contribution is 2.34. The van der Waals surface area contributed by atoms with Crippen LogP contribution in [0.2, 0.25) is 0 Å². The second-order valence-electron chi connectivity index (χ2n) is 10.9. The second kappa shape index (κ2) is 11.0. The van der Waals surface area contributed by atoms with Crippen molar-refractivity contribution in [2.24, 2.45) is 0 Å². The third-order valence-corrected chi connectivity index (χ3v) is 6.61. The number of hydrogen-bond acceptors (Lipinski definition) is 8. The molecule has 2 N–H and O–H groups in total. The first kappa shape index (κ1) is 28.3. The number of rotatable bonds is 5. The van der Waals surface area contributed by atoms with Crippen molar-refractivity contribution in [2.75, 3.05) is 31.5 Å². The van der Waals surface area contributed by atoms with Crippen molar-refractivity contribution in [3.05, 3.63) is 59.7 Å². The van der Waals surface area contributed by atoms with Crippen LogP contribution < -0.4 is 5.32 Å². The summed E-state index contributed by atoms with van der Waals surface area (Å²) in [5.41, 5.74) is 1.53. The van der Waals surface area contributed by atoms with Crippen LogP contribution in [-0.2, 0) is 17.5 Å². The summed E-state index contributed by atoms with van der Waals surface area (Å²) in [7, 11) is 0. The quantitative estimate of drug-likeness (QED) is 0.323. The fourth-order valence-electron chi connectivity index (χ4n) is 4.68. The Morgan fingerprint density at radius 2 is 1.80 bits per heavy atom. The van der Waals surface area contributed by atoms with E-state index >= 15 is 0 Å². The molecular formula is C28H31F3N8O2. The number of anilines is 2. The van der Waals surface area contributed by atoms with Crippen molar-refractivity contribution in [2.45, 2.75) is 46.0 Å². The van der Waals surface area contributed by atoms with E-state index < -0.39 is 17.5 Å². The zero-order valence-electron chi connectivity index (χ0n) is 23.2. The molecule has 4 heterocycles. The molecule has 41 heavy (non-hydrogen) atoms. The number of aromatic nitrogens is 5. The van der Waals surface area contributed by atoms with Crippen molar-refractivity contribution in [1.29, 1.82) is 0 Å². The van der Waals surface area contributed by atoms with Gasteiger partial charge in [0.1, 0.15) is 17.7 Å². The number of nitrogens with one attached hydrogen (secondary N) is 2. The van der Waals surface area contributed by atoms with Crippen molar-refractivity contribution < 1.29 is 22.7 Å². The van der Waals surface area contributed by atoms with E-state index in [9.17, 15) is 18.0 Å². The SMILES string of the molecule is Cc1c(-c2ccc3nc(Nc4cc(CN5CCN(C(=O)OC(C)(C)C)CC5)ccn4)[nH]c3c2)ncnc1C(F)(F)F. The summed E-state index contributed by atoms with van der Waals surface area (Å²) in [6.45, 7) is 10.3. The average Bonchev–Trinajstić information content (AvgIpc) is 3.29. The molecule has 0 saturated carbocycles. The number of benzene rings is 1. The smallest absolute Gasteiger partial charge is 0.433 e. The maximum absolute atomic E-state index is 13.3. The molecule has 1 aliphatic heterocycles. The molecule has 5 rings (SSSR count). The first-order valence-corrected chi connectivity index (χ1v) is 13.2. The Labute approximate surface area is 235 Å². The fourth-order valence-corrected chi connectivity index (χ4v) is 4.68. The van der Waals surface area contributed by atoms with Crippen molar-refractivity contribution in [1.82, 2.24) is 34.7 Å². The summed E-state index contributed by atoms with van der Waals surface area (Å²) in [6, 6.07) is 8.99. The van der Waals surface area contributed by atoms with Crippen LogP contribution in [0.4, 0.5) is 29.7 Å². The Morgan fingerprint density at radius 1 is 1.05 bits per heavy atom. The Kier molecular flexibility index (Phi) is 7.56. The van der Waals surface area contributed by atoms with Crippen molar-refractivity contribution >= 4 is 28.9 Å². The monoisotopic (exact) mass is 568 g/mol. The molecule has 0 atom stereocenters. The van der Waals surface area contributed by atoms with Crippen LogP contribution in [0.3, 0.4) is 0 Å². The van der Waals surface area contributed by atoms with Gasteiger partial charge in [0.25, 0.3) is 0 Å². The highest BCUT2D eigenvalue weighted by Gasteiger charge is 2.35. The van der Waals surface area contributed by atoms with Crippen LogP contribution in [0.5, 0.6) is 0 Å². The molecule has 3 aromatic heterocycles. The molecule has 216 valence electrons. The number of nitrogens with zero attached hydrogens (tertiary/aromatic N) is 6. The lowest BCUT2D eigenvalue weighted by Gasteiger charge is -2.35. The molecule has 0 unspecified atom stereocenters. The standard InChI is InChI=1S/C28H31F3N8O2/c1-17-23(33-16-34-24(17)28(29,30)31)19-5-6-20-21(14-19)36-25(35-20)37-22-13-18(7-8-32-22)15-38-9-11-39(12-10-38)26(40)41-27(2,3)4/h5-8,13-14,16H,9-12,15H2,1-4H3,(H2,32,35,36,37). The van der Waals surface area contributed by atoms with Gasteiger partial charge >= 0.3 is 12.3 Å². The van der Waals surface area contributed by atoms with Crippen LogP contribution in [0.15, 0.2) is 42.9 Å². The first-order chi connectivity index (χ1) is 19.4. The average molecular weight is 569 g/mol. The zero-order valence-corrected chi connectivity index (χ0v) is 23.2. The summed E-state index contributed by atoms with van der Waals surface area (Å²) in [6.07, 6.45) is -2.21. The van der Waals surface area contributed by atoms with E-state index in [1.165, 1.54) is 6.92 Å². The molecule has 0 bridgehead atoms. The minimum absolute atomic E-state index is 0.0375. The minimum atomic E-state index is -4.56. The van der Waals surface area contributed by atoms with Gasteiger partial charge in [-0.05, 0) is 57.5 Å². The number of fused-ring (bicyclic) bond motifs is 1. The molecular weight excluding hydrogens is 537 g/mol. The van der Waals surface area contributed by atoms with Gasteiger partial charge in [-0.15, -0.1) is 0 Å². The van der Waals surface area contributed by atoms with Gasteiger partial charge < -0.3 is 19.9 Å². The number of ether oxygens (including phenoxy) is 1. The number of H-pyrrole nitrogens is 1. The normalized spacial score (nSPS) is 14.9. The molecule has 1 saturated heterocycles. The Balaban J connectivity index is 1.25. The summed E-state index contributed by atoms with van der Waals surface area (Å²) in [5.74, 6) is 1.04. The van der Waals surface area contributed by atoms with Gasteiger partial charge in [-0.3, -0.25) is 4.90 Å². The van der Waals surface area contributed by atoms with Crippen LogP contribution >= 0.6 is 0 Å². The summed E-state index contributed by atoms with van der Waals surface area (Å²) >= 11 is 0. The molecule has 1 aromatic carbocycles. The molecule has 0 spiro atoms. The van der Waals surface area contributed by atoms with Gasteiger partial charge in [-0.1, -0.05) is 6.07 Å². The van der Waals surface area contributed by atoms with Gasteiger partial charge in [-0.25, -0.2) is 24.7 Å². The molecule has 1 fully saturated rings. The number of imidazole rings is 1. The summed E-state index contributed by atoms with van der Waals surface area (Å²) in [4.78, 5) is 35.9. The molecule has 0 aliphatic carbocycles. The number of piperazine rings is 1. The van der Waals surface area contributed by atoms with Crippen LogP contribution in [0.1, 0.15) is 37.6 Å². The number of pyridine rings is 1. The number of amides is 1. The van der Waals surface area contributed by atoms with E-state index in [0.29, 0.717) is 48.0 Å². The topological polar surface area (TPSA) is 112 Å².